The first kappa shape index (κ1) is 17.2. The molecule has 6 heteroatoms. The Morgan fingerprint density at radius 2 is 2.26 bits per heavy atom. The highest BCUT2D eigenvalue weighted by Gasteiger charge is 2.63. The fourth-order valence-corrected chi connectivity index (χ4v) is 5.98. The van der Waals surface area contributed by atoms with Gasteiger partial charge in [0.05, 0.1) is 16.6 Å². The lowest BCUT2D eigenvalue weighted by molar-refractivity contribution is 0.0141. The summed E-state index contributed by atoms with van der Waals surface area (Å²) < 4.78 is 6.50. The molecule has 3 fully saturated rings. The summed E-state index contributed by atoms with van der Waals surface area (Å²) in [6.45, 7) is 6.64. The predicted molar refractivity (Wildman–Crippen MR) is 106 cm³/mol. The molecule has 3 saturated heterocycles. The Morgan fingerprint density at radius 3 is 3.04 bits per heavy atom. The zero-order valence-corrected chi connectivity index (χ0v) is 16.6. The predicted octanol–water partition coefficient (Wildman–Crippen LogP) is 3.17. The zero-order valence-electron chi connectivity index (χ0n) is 15.8. The Hall–Kier alpha value is -1.92. The average molecular weight is 384 g/mol. The molecule has 1 N–H and O–H groups in total. The van der Waals surface area contributed by atoms with Crippen molar-refractivity contribution in [2.75, 3.05) is 24.5 Å². The number of fused-ring (bicyclic) bond motifs is 1. The van der Waals surface area contributed by atoms with E-state index in [-0.39, 0.29) is 17.6 Å². The molecule has 0 aromatic carbocycles. The summed E-state index contributed by atoms with van der Waals surface area (Å²) in [6.07, 6.45) is 2.51. The Kier molecular flexibility index (Phi) is 4.02. The molecule has 1 amide bonds. The number of ether oxygens (including phenoxy) is 1. The van der Waals surface area contributed by atoms with E-state index in [0.717, 1.165) is 42.3 Å². The van der Waals surface area contributed by atoms with Crippen LogP contribution in [-0.4, -0.2) is 42.2 Å². The number of aromatic nitrogens is 1. The number of hydrogen-bond acceptors (Lipinski definition) is 5. The summed E-state index contributed by atoms with van der Waals surface area (Å²) in [5.74, 6) is 1.94. The Labute approximate surface area is 163 Å². The number of aryl methyl sites for hydroxylation is 2. The molecule has 142 valence electrons. The van der Waals surface area contributed by atoms with Gasteiger partial charge in [0.1, 0.15) is 5.82 Å². The van der Waals surface area contributed by atoms with E-state index < -0.39 is 0 Å². The molecule has 1 spiro atoms. The molecule has 4 atom stereocenters. The van der Waals surface area contributed by atoms with Crippen LogP contribution < -0.4 is 10.2 Å². The van der Waals surface area contributed by atoms with Crippen molar-refractivity contribution in [2.24, 2.45) is 11.8 Å². The van der Waals surface area contributed by atoms with Gasteiger partial charge >= 0.3 is 0 Å². The molecular formula is C21H25N3O2S. The molecule has 2 bridgehead atoms. The molecule has 3 aliphatic heterocycles. The summed E-state index contributed by atoms with van der Waals surface area (Å²) in [4.78, 5) is 21.5. The first-order chi connectivity index (χ1) is 13.0. The second-order valence-corrected chi connectivity index (χ2v) is 9.46. The van der Waals surface area contributed by atoms with E-state index >= 15 is 0 Å². The van der Waals surface area contributed by atoms with Crippen molar-refractivity contribution in [2.45, 2.75) is 38.4 Å². The maximum Gasteiger partial charge on any atom is 0.261 e. The number of nitrogens with zero attached hydrogens (tertiary/aromatic N) is 2. The lowest BCUT2D eigenvalue weighted by atomic mass is 9.73. The van der Waals surface area contributed by atoms with Crippen molar-refractivity contribution in [1.82, 2.24) is 10.3 Å². The Morgan fingerprint density at radius 1 is 1.37 bits per heavy atom. The molecule has 0 saturated carbocycles. The summed E-state index contributed by atoms with van der Waals surface area (Å²) in [7, 11) is 0. The van der Waals surface area contributed by atoms with Crippen molar-refractivity contribution >= 4 is 23.1 Å². The summed E-state index contributed by atoms with van der Waals surface area (Å²) in [5.41, 5.74) is 0.993. The molecule has 2 aromatic heterocycles. The smallest absolute Gasteiger partial charge is 0.261 e. The molecular weight excluding hydrogens is 358 g/mol. The highest BCUT2D eigenvalue weighted by molar-refractivity contribution is 7.13. The average Bonchev–Trinajstić information content (AvgIpc) is 3.39. The zero-order chi connectivity index (χ0) is 18.6. The number of anilines is 1. The van der Waals surface area contributed by atoms with Crippen LogP contribution in [0.1, 0.15) is 33.1 Å². The molecule has 5 rings (SSSR count). The lowest BCUT2D eigenvalue weighted by Crippen LogP contribution is -2.41. The fraction of sp³-hybridized carbons (Fsp3) is 0.524. The van der Waals surface area contributed by atoms with E-state index in [1.54, 1.807) is 11.3 Å². The minimum atomic E-state index is -0.0506. The maximum absolute atomic E-state index is 12.5. The van der Waals surface area contributed by atoms with Crippen LogP contribution in [0.15, 0.2) is 30.3 Å². The van der Waals surface area contributed by atoms with Gasteiger partial charge in [0.25, 0.3) is 5.91 Å². The van der Waals surface area contributed by atoms with Crippen molar-refractivity contribution < 1.29 is 9.53 Å². The first-order valence-electron chi connectivity index (χ1n) is 9.75. The molecule has 27 heavy (non-hydrogen) atoms. The van der Waals surface area contributed by atoms with Crippen molar-refractivity contribution in [3.8, 4) is 0 Å². The van der Waals surface area contributed by atoms with Crippen LogP contribution in [-0.2, 0) is 4.74 Å². The second-order valence-electron chi connectivity index (χ2n) is 8.17. The summed E-state index contributed by atoms with van der Waals surface area (Å²) in [6, 6.07) is 10.1. The van der Waals surface area contributed by atoms with Crippen LogP contribution in [0.2, 0.25) is 0 Å². The largest absolute Gasteiger partial charge is 0.369 e. The second kappa shape index (κ2) is 6.31. The number of nitrogens with one attached hydrogen (secondary N) is 1. The van der Waals surface area contributed by atoms with Gasteiger partial charge in [0.15, 0.2) is 0 Å². The SMILES string of the molecule is Cc1cccc(N2C[C@@H]3[C@H](CNC(=O)c4ccc(C)s4)[C@H]4CC[C@]3(C2)O4)n1. The number of pyridine rings is 1. The molecule has 0 radical (unpaired) electrons. The van der Waals surface area contributed by atoms with Gasteiger partial charge < -0.3 is 15.0 Å². The van der Waals surface area contributed by atoms with Gasteiger partial charge in [-0.15, -0.1) is 11.3 Å². The molecule has 3 aliphatic rings. The van der Waals surface area contributed by atoms with Gasteiger partial charge in [-0.2, -0.15) is 0 Å². The van der Waals surface area contributed by atoms with E-state index in [1.165, 1.54) is 4.88 Å². The fourth-order valence-electron chi connectivity index (χ4n) is 5.20. The van der Waals surface area contributed by atoms with Crippen LogP contribution >= 0.6 is 11.3 Å². The lowest BCUT2D eigenvalue weighted by Gasteiger charge is -2.29. The number of rotatable bonds is 4. The topological polar surface area (TPSA) is 54.5 Å². The third-order valence-corrected chi connectivity index (χ3v) is 7.44. The van der Waals surface area contributed by atoms with Gasteiger partial charge in [-0.3, -0.25) is 4.79 Å². The minimum Gasteiger partial charge on any atom is -0.369 e. The highest BCUT2D eigenvalue weighted by Crippen LogP contribution is 2.55. The Bertz CT molecular complexity index is 882. The molecule has 5 heterocycles. The van der Waals surface area contributed by atoms with Gasteiger partial charge in [-0.05, 0) is 51.0 Å². The van der Waals surface area contributed by atoms with Crippen LogP contribution in [0, 0.1) is 25.7 Å². The van der Waals surface area contributed by atoms with E-state index in [4.69, 9.17) is 9.72 Å². The van der Waals surface area contributed by atoms with Crippen LogP contribution in [0.3, 0.4) is 0 Å². The molecule has 0 unspecified atom stereocenters. The standard InChI is InChI=1S/C21H25N3O2S/c1-13-4-3-5-19(23-13)24-11-16-15(17-8-9-21(16,12-24)26-17)10-22-20(25)18-7-6-14(2)27-18/h3-7,15-17H,8-12H2,1-2H3,(H,22,25)/t15-,16+,17+,21+/m0/s1. The van der Waals surface area contributed by atoms with Crippen LogP contribution in [0.25, 0.3) is 0 Å². The van der Waals surface area contributed by atoms with E-state index in [1.807, 2.05) is 32.0 Å². The van der Waals surface area contributed by atoms with E-state index in [9.17, 15) is 4.79 Å². The third kappa shape index (κ3) is 2.86. The summed E-state index contributed by atoms with van der Waals surface area (Å²) in [5, 5.41) is 3.17. The summed E-state index contributed by atoms with van der Waals surface area (Å²) >= 11 is 1.55. The first-order valence-corrected chi connectivity index (χ1v) is 10.6. The molecule has 0 aliphatic carbocycles. The maximum atomic E-state index is 12.5. The third-order valence-electron chi connectivity index (χ3n) is 6.44. The highest BCUT2D eigenvalue weighted by atomic mass is 32.1. The van der Waals surface area contributed by atoms with E-state index in [2.05, 4.69) is 22.3 Å². The number of hydrogen-bond donors (Lipinski definition) is 1. The number of carbonyl (C=O) groups is 1. The molecule has 5 nitrogen and oxygen atoms in total. The monoisotopic (exact) mass is 383 g/mol. The number of thiophene rings is 1. The number of carbonyl (C=O) groups excluding carboxylic acids is 1. The van der Waals surface area contributed by atoms with Crippen molar-refractivity contribution in [1.29, 1.82) is 0 Å². The van der Waals surface area contributed by atoms with Crippen molar-refractivity contribution in [3.05, 3.63) is 45.8 Å². The normalized spacial score (nSPS) is 31.3. The van der Waals surface area contributed by atoms with Gasteiger partial charge in [0, 0.05) is 42.0 Å². The van der Waals surface area contributed by atoms with Gasteiger partial charge in [-0.25, -0.2) is 4.98 Å². The Balaban J connectivity index is 1.30. The molecule has 2 aromatic rings. The minimum absolute atomic E-state index is 0.0418. The quantitative estimate of drug-likeness (QED) is 0.881. The van der Waals surface area contributed by atoms with Gasteiger partial charge in [-0.1, -0.05) is 6.07 Å². The van der Waals surface area contributed by atoms with Gasteiger partial charge in [0.2, 0.25) is 0 Å². The van der Waals surface area contributed by atoms with Crippen LogP contribution in [0.5, 0.6) is 0 Å². The van der Waals surface area contributed by atoms with Crippen LogP contribution in [0.4, 0.5) is 5.82 Å². The number of amides is 1. The van der Waals surface area contributed by atoms with E-state index in [0.29, 0.717) is 18.4 Å². The van der Waals surface area contributed by atoms with Crippen molar-refractivity contribution in [3.63, 3.8) is 0 Å².